The van der Waals surface area contributed by atoms with Gasteiger partial charge in [0.25, 0.3) is 0 Å². The molecule has 0 aromatic heterocycles. The highest BCUT2D eigenvalue weighted by Gasteiger charge is 2.18. The molecule has 88 valence electrons. The van der Waals surface area contributed by atoms with E-state index in [1.165, 1.54) is 18.5 Å². The van der Waals surface area contributed by atoms with Crippen LogP contribution in [0.3, 0.4) is 0 Å². The summed E-state index contributed by atoms with van der Waals surface area (Å²) in [4.78, 5) is 3.13. The molecule has 1 aromatic carbocycles. The SMILES string of the molecule is BrC1CCN(CCOCc2ccccc2)C1. The van der Waals surface area contributed by atoms with Crippen LogP contribution in [-0.4, -0.2) is 36.0 Å². The number of halogens is 1. The van der Waals surface area contributed by atoms with E-state index in [1.54, 1.807) is 0 Å². The van der Waals surface area contributed by atoms with Crippen molar-refractivity contribution in [2.45, 2.75) is 17.9 Å². The molecular weight excluding hydrogens is 266 g/mol. The summed E-state index contributed by atoms with van der Waals surface area (Å²) in [5.41, 5.74) is 1.25. The molecule has 1 unspecified atom stereocenters. The Kier molecular flexibility index (Phi) is 4.82. The molecule has 2 rings (SSSR count). The zero-order valence-electron chi connectivity index (χ0n) is 9.44. The highest BCUT2D eigenvalue weighted by Crippen LogP contribution is 2.15. The van der Waals surface area contributed by atoms with Crippen LogP contribution >= 0.6 is 15.9 Å². The number of benzene rings is 1. The van der Waals surface area contributed by atoms with Crippen LogP contribution in [0.5, 0.6) is 0 Å². The first-order valence-corrected chi connectivity index (χ1v) is 6.74. The van der Waals surface area contributed by atoms with E-state index in [0.29, 0.717) is 4.83 Å². The zero-order valence-corrected chi connectivity index (χ0v) is 11.0. The molecule has 0 aliphatic carbocycles. The first-order valence-electron chi connectivity index (χ1n) is 5.82. The number of rotatable bonds is 5. The first-order chi connectivity index (χ1) is 7.84. The standard InChI is InChI=1S/C13H18BrNO/c14-13-6-7-15(10-13)8-9-16-11-12-4-2-1-3-5-12/h1-5,13H,6-11H2. The van der Waals surface area contributed by atoms with Gasteiger partial charge in [-0.05, 0) is 18.5 Å². The summed E-state index contributed by atoms with van der Waals surface area (Å²) < 4.78 is 5.66. The number of alkyl halides is 1. The molecule has 1 aliphatic rings. The molecule has 2 nitrogen and oxygen atoms in total. The van der Waals surface area contributed by atoms with Crippen molar-refractivity contribution in [1.29, 1.82) is 0 Å². The summed E-state index contributed by atoms with van der Waals surface area (Å²) in [6.45, 7) is 4.97. The highest BCUT2D eigenvalue weighted by molar-refractivity contribution is 9.09. The lowest BCUT2D eigenvalue weighted by molar-refractivity contribution is 0.0994. The minimum absolute atomic E-state index is 0.682. The molecule has 1 aromatic rings. The van der Waals surface area contributed by atoms with E-state index in [0.717, 1.165) is 26.3 Å². The Bertz CT molecular complexity index is 304. The van der Waals surface area contributed by atoms with Crippen LogP contribution < -0.4 is 0 Å². The number of likely N-dealkylation sites (tertiary alicyclic amines) is 1. The van der Waals surface area contributed by atoms with Crippen LogP contribution in [0, 0.1) is 0 Å². The van der Waals surface area contributed by atoms with Gasteiger partial charge in [0.05, 0.1) is 13.2 Å². The topological polar surface area (TPSA) is 12.5 Å². The van der Waals surface area contributed by atoms with Gasteiger partial charge >= 0.3 is 0 Å². The maximum Gasteiger partial charge on any atom is 0.0717 e. The van der Waals surface area contributed by atoms with Crippen molar-refractivity contribution in [2.75, 3.05) is 26.2 Å². The molecule has 1 saturated heterocycles. The third kappa shape index (κ3) is 3.89. The van der Waals surface area contributed by atoms with Crippen molar-refractivity contribution >= 4 is 15.9 Å². The quantitative estimate of drug-likeness (QED) is 0.609. The van der Waals surface area contributed by atoms with Gasteiger partial charge in [-0.3, -0.25) is 4.90 Å². The Morgan fingerprint density at radius 2 is 2.12 bits per heavy atom. The van der Waals surface area contributed by atoms with Crippen molar-refractivity contribution in [1.82, 2.24) is 4.90 Å². The fourth-order valence-electron chi connectivity index (χ4n) is 1.95. The van der Waals surface area contributed by atoms with Gasteiger partial charge in [0.15, 0.2) is 0 Å². The average molecular weight is 284 g/mol. The fourth-order valence-corrected chi connectivity index (χ4v) is 2.56. The lowest BCUT2D eigenvalue weighted by Crippen LogP contribution is -2.25. The van der Waals surface area contributed by atoms with E-state index in [2.05, 4.69) is 45.1 Å². The summed E-state index contributed by atoms with van der Waals surface area (Å²) in [7, 11) is 0. The molecular formula is C13H18BrNO. The smallest absolute Gasteiger partial charge is 0.0717 e. The molecule has 0 spiro atoms. The normalized spacial score (nSPS) is 21.4. The van der Waals surface area contributed by atoms with Gasteiger partial charge in [0, 0.05) is 17.9 Å². The van der Waals surface area contributed by atoms with Gasteiger partial charge in [-0.2, -0.15) is 0 Å². The number of ether oxygens (including phenoxy) is 1. The lowest BCUT2D eigenvalue weighted by Gasteiger charge is -2.14. The van der Waals surface area contributed by atoms with Crippen molar-refractivity contribution in [3.05, 3.63) is 35.9 Å². The van der Waals surface area contributed by atoms with Crippen molar-refractivity contribution in [3.63, 3.8) is 0 Å². The summed E-state index contributed by atoms with van der Waals surface area (Å²) in [6.07, 6.45) is 1.26. The van der Waals surface area contributed by atoms with Crippen LogP contribution in [0.25, 0.3) is 0 Å². The highest BCUT2D eigenvalue weighted by atomic mass is 79.9. The van der Waals surface area contributed by atoms with Crippen LogP contribution in [-0.2, 0) is 11.3 Å². The lowest BCUT2D eigenvalue weighted by atomic mass is 10.2. The summed E-state index contributed by atoms with van der Waals surface area (Å²) in [6, 6.07) is 10.3. The van der Waals surface area contributed by atoms with Gasteiger partial charge in [0.1, 0.15) is 0 Å². The Balaban J connectivity index is 1.59. The maximum atomic E-state index is 5.66. The third-order valence-corrected chi connectivity index (χ3v) is 3.63. The predicted octanol–water partition coefficient (Wildman–Crippen LogP) is 2.67. The monoisotopic (exact) mass is 283 g/mol. The van der Waals surface area contributed by atoms with Gasteiger partial charge in [-0.25, -0.2) is 0 Å². The largest absolute Gasteiger partial charge is 0.375 e. The zero-order chi connectivity index (χ0) is 11.2. The van der Waals surface area contributed by atoms with E-state index in [1.807, 2.05) is 6.07 Å². The molecule has 1 aliphatic heterocycles. The number of hydrogen-bond acceptors (Lipinski definition) is 2. The fraction of sp³-hybridized carbons (Fsp3) is 0.538. The third-order valence-electron chi connectivity index (χ3n) is 2.88. The predicted molar refractivity (Wildman–Crippen MR) is 69.9 cm³/mol. The molecule has 0 bridgehead atoms. The molecule has 0 N–H and O–H groups in total. The summed E-state index contributed by atoms with van der Waals surface area (Å²) >= 11 is 3.64. The molecule has 0 saturated carbocycles. The summed E-state index contributed by atoms with van der Waals surface area (Å²) in [5.74, 6) is 0. The average Bonchev–Trinajstić information content (AvgIpc) is 2.72. The second-order valence-electron chi connectivity index (χ2n) is 4.22. The molecule has 1 heterocycles. The van der Waals surface area contributed by atoms with Crippen molar-refractivity contribution in [2.24, 2.45) is 0 Å². The molecule has 16 heavy (non-hydrogen) atoms. The van der Waals surface area contributed by atoms with Crippen LogP contribution in [0.15, 0.2) is 30.3 Å². The second kappa shape index (κ2) is 6.38. The van der Waals surface area contributed by atoms with E-state index in [4.69, 9.17) is 4.74 Å². The van der Waals surface area contributed by atoms with Crippen molar-refractivity contribution in [3.8, 4) is 0 Å². The van der Waals surface area contributed by atoms with E-state index in [-0.39, 0.29) is 0 Å². The van der Waals surface area contributed by atoms with Gasteiger partial charge in [-0.15, -0.1) is 0 Å². The Hall–Kier alpha value is -0.380. The van der Waals surface area contributed by atoms with E-state index in [9.17, 15) is 0 Å². The second-order valence-corrected chi connectivity index (χ2v) is 5.52. The number of nitrogens with zero attached hydrogens (tertiary/aromatic N) is 1. The van der Waals surface area contributed by atoms with Crippen LogP contribution in [0.4, 0.5) is 0 Å². The van der Waals surface area contributed by atoms with E-state index < -0.39 is 0 Å². The minimum atomic E-state index is 0.682. The Morgan fingerprint density at radius 3 is 2.81 bits per heavy atom. The molecule has 3 heteroatoms. The molecule has 1 atom stereocenters. The maximum absolute atomic E-state index is 5.66. The van der Waals surface area contributed by atoms with Gasteiger partial charge in [0.2, 0.25) is 0 Å². The Morgan fingerprint density at radius 1 is 1.31 bits per heavy atom. The van der Waals surface area contributed by atoms with E-state index >= 15 is 0 Å². The summed E-state index contributed by atoms with van der Waals surface area (Å²) in [5, 5.41) is 0. The molecule has 0 amide bonds. The van der Waals surface area contributed by atoms with Gasteiger partial charge in [-0.1, -0.05) is 46.3 Å². The molecule has 1 fully saturated rings. The van der Waals surface area contributed by atoms with Gasteiger partial charge < -0.3 is 4.74 Å². The van der Waals surface area contributed by atoms with Crippen LogP contribution in [0.1, 0.15) is 12.0 Å². The Labute approximate surface area is 106 Å². The van der Waals surface area contributed by atoms with Crippen molar-refractivity contribution < 1.29 is 4.74 Å². The minimum Gasteiger partial charge on any atom is -0.375 e. The number of hydrogen-bond donors (Lipinski definition) is 0. The molecule has 0 radical (unpaired) electrons. The van der Waals surface area contributed by atoms with Crippen LogP contribution in [0.2, 0.25) is 0 Å². The first kappa shape index (κ1) is 12.1.